The maximum absolute atomic E-state index is 13.0. The van der Waals surface area contributed by atoms with Crippen molar-refractivity contribution in [1.29, 1.82) is 0 Å². The van der Waals surface area contributed by atoms with E-state index in [9.17, 15) is 14.7 Å². The number of nitrogens with one attached hydrogen (secondary N) is 2. The minimum Gasteiger partial charge on any atom is -0.464 e. The number of pyridine rings is 1. The number of aromatic nitrogens is 2. The van der Waals surface area contributed by atoms with Crippen LogP contribution in [-0.4, -0.2) is 71.2 Å². The lowest BCUT2D eigenvalue weighted by atomic mass is 10.1. The Bertz CT molecular complexity index is 1190. The largest absolute Gasteiger partial charge is 0.464 e. The van der Waals surface area contributed by atoms with Gasteiger partial charge in [-0.2, -0.15) is 0 Å². The summed E-state index contributed by atoms with van der Waals surface area (Å²) < 4.78 is 12.3. The molecule has 2 atom stereocenters. The van der Waals surface area contributed by atoms with E-state index in [4.69, 9.17) is 14.6 Å². The third-order valence-electron chi connectivity index (χ3n) is 6.27. The van der Waals surface area contributed by atoms with Gasteiger partial charge in [-0.1, -0.05) is 30.3 Å². The van der Waals surface area contributed by atoms with Crippen LogP contribution in [0, 0.1) is 5.92 Å². The SMILES string of the molecule is COC(=O)c1c(NC(=O)C2CCOC2)c2cc(NCC(O)CO)cnc2n1CCCc1ccccc1. The van der Waals surface area contributed by atoms with Gasteiger partial charge in [-0.3, -0.25) is 4.79 Å². The Balaban J connectivity index is 1.71. The molecule has 10 nitrogen and oxygen atoms in total. The maximum atomic E-state index is 13.0. The van der Waals surface area contributed by atoms with E-state index in [1.807, 2.05) is 18.2 Å². The summed E-state index contributed by atoms with van der Waals surface area (Å²) >= 11 is 0. The number of rotatable bonds is 11. The molecule has 0 radical (unpaired) electrons. The zero-order valence-electron chi connectivity index (χ0n) is 20.3. The second kappa shape index (κ2) is 12.0. The molecule has 0 spiro atoms. The number of aryl methyl sites for hydroxylation is 2. The molecule has 192 valence electrons. The number of anilines is 2. The van der Waals surface area contributed by atoms with Gasteiger partial charge in [0.15, 0.2) is 5.69 Å². The molecular formula is C26H32N4O6. The third-order valence-corrected chi connectivity index (χ3v) is 6.27. The van der Waals surface area contributed by atoms with Crippen LogP contribution in [0.3, 0.4) is 0 Å². The molecule has 4 N–H and O–H groups in total. The number of methoxy groups -OCH3 is 1. The third kappa shape index (κ3) is 5.84. The number of aliphatic hydroxyl groups excluding tert-OH is 2. The van der Waals surface area contributed by atoms with Gasteiger partial charge in [-0.25, -0.2) is 9.78 Å². The standard InChI is InChI=1S/C26H32N4O6/c1-35-26(34)23-22(29-25(33)18-9-11-36-16-18)21-12-19(27-14-20(32)15-31)13-28-24(21)30(23)10-5-8-17-6-3-2-4-7-17/h2-4,6-7,12-13,18,20,27,31-32H,5,8-11,14-16H2,1H3,(H,29,33). The molecule has 3 aromatic rings. The van der Waals surface area contributed by atoms with Crippen molar-refractivity contribution in [2.45, 2.75) is 31.9 Å². The van der Waals surface area contributed by atoms with Crippen molar-refractivity contribution in [1.82, 2.24) is 9.55 Å². The van der Waals surface area contributed by atoms with Gasteiger partial charge in [0, 0.05) is 25.1 Å². The second-order valence-corrected chi connectivity index (χ2v) is 8.82. The normalized spacial score (nSPS) is 16.1. The summed E-state index contributed by atoms with van der Waals surface area (Å²) in [6.07, 6.45) is 2.82. The summed E-state index contributed by atoms with van der Waals surface area (Å²) in [5.74, 6) is -1.10. The Kier molecular flexibility index (Phi) is 8.52. The molecule has 0 bridgehead atoms. The maximum Gasteiger partial charge on any atom is 0.356 e. The summed E-state index contributed by atoms with van der Waals surface area (Å²) in [5.41, 5.74) is 2.87. The van der Waals surface area contributed by atoms with Gasteiger partial charge >= 0.3 is 5.97 Å². The summed E-state index contributed by atoms with van der Waals surface area (Å²) in [6.45, 7) is 1.08. The molecule has 1 aromatic carbocycles. The molecular weight excluding hydrogens is 464 g/mol. The lowest BCUT2D eigenvalue weighted by molar-refractivity contribution is -0.119. The van der Waals surface area contributed by atoms with E-state index in [-0.39, 0.29) is 30.7 Å². The lowest BCUT2D eigenvalue weighted by Gasteiger charge is -2.12. The molecule has 2 unspecified atom stereocenters. The number of ether oxygens (including phenoxy) is 2. The van der Waals surface area contributed by atoms with Crippen molar-refractivity contribution in [2.75, 3.05) is 44.1 Å². The minimum absolute atomic E-state index is 0.117. The molecule has 1 aliphatic rings. The number of aliphatic hydroxyl groups is 2. The lowest BCUT2D eigenvalue weighted by Crippen LogP contribution is -2.24. The Labute approximate surface area is 209 Å². The van der Waals surface area contributed by atoms with Crippen LogP contribution in [0.15, 0.2) is 42.6 Å². The second-order valence-electron chi connectivity index (χ2n) is 8.82. The summed E-state index contributed by atoms with van der Waals surface area (Å²) in [6, 6.07) is 11.8. The van der Waals surface area contributed by atoms with Crippen molar-refractivity contribution >= 4 is 34.3 Å². The first kappa shape index (κ1) is 25.6. The Morgan fingerprint density at radius 3 is 2.81 bits per heavy atom. The highest BCUT2D eigenvalue weighted by atomic mass is 16.5. The molecule has 1 aliphatic heterocycles. The van der Waals surface area contributed by atoms with Crippen LogP contribution in [0.1, 0.15) is 28.9 Å². The van der Waals surface area contributed by atoms with Crippen LogP contribution < -0.4 is 10.6 Å². The number of esters is 1. The predicted molar refractivity (Wildman–Crippen MR) is 135 cm³/mol. The summed E-state index contributed by atoms with van der Waals surface area (Å²) in [4.78, 5) is 30.6. The number of carbonyl (C=O) groups is 2. The molecule has 36 heavy (non-hydrogen) atoms. The molecule has 1 amide bonds. The molecule has 0 saturated carbocycles. The number of fused-ring (bicyclic) bond motifs is 1. The fraction of sp³-hybridized carbons (Fsp3) is 0.423. The van der Waals surface area contributed by atoms with Crippen LogP contribution in [0.25, 0.3) is 11.0 Å². The number of benzene rings is 1. The first-order valence-electron chi connectivity index (χ1n) is 12.1. The van der Waals surface area contributed by atoms with Crippen molar-refractivity contribution in [3.05, 3.63) is 53.9 Å². The van der Waals surface area contributed by atoms with E-state index in [0.717, 1.165) is 12.8 Å². The van der Waals surface area contributed by atoms with Crippen LogP contribution in [0.4, 0.5) is 11.4 Å². The first-order chi connectivity index (χ1) is 17.5. The molecule has 4 rings (SSSR count). The van der Waals surface area contributed by atoms with Gasteiger partial charge in [0.05, 0.1) is 49.9 Å². The number of amides is 1. The Morgan fingerprint density at radius 2 is 2.11 bits per heavy atom. The summed E-state index contributed by atoms with van der Waals surface area (Å²) in [5, 5.41) is 25.4. The molecule has 1 saturated heterocycles. The Morgan fingerprint density at radius 1 is 1.31 bits per heavy atom. The van der Waals surface area contributed by atoms with Crippen molar-refractivity contribution in [3.63, 3.8) is 0 Å². The van der Waals surface area contributed by atoms with Gasteiger partial charge < -0.3 is 34.9 Å². The van der Waals surface area contributed by atoms with Gasteiger partial charge in [0.1, 0.15) is 5.65 Å². The molecule has 3 heterocycles. The molecule has 1 fully saturated rings. The average molecular weight is 497 g/mol. The van der Waals surface area contributed by atoms with Gasteiger partial charge in [0.2, 0.25) is 5.91 Å². The summed E-state index contributed by atoms with van der Waals surface area (Å²) in [7, 11) is 1.31. The van der Waals surface area contributed by atoms with Crippen LogP contribution in [0.5, 0.6) is 0 Å². The van der Waals surface area contributed by atoms with Crippen molar-refractivity contribution in [2.24, 2.45) is 5.92 Å². The zero-order valence-corrected chi connectivity index (χ0v) is 20.3. The van der Waals surface area contributed by atoms with E-state index in [2.05, 4.69) is 27.8 Å². The fourth-order valence-electron chi connectivity index (χ4n) is 4.33. The highest BCUT2D eigenvalue weighted by molar-refractivity contribution is 6.11. The predicted octanol–water partition coefficient (Wildman–Crippen LogP) is 2.20. The van der Waals surface area contributed by atoms with Gasteiger partial charge in [-0.05, 0) is 30.9 Å². The van der Waals surface area contributed by atoms with Gasteiger partial charge in [0.25, 0.3) is 0 Å². The monoisotopic (exact) mass is 496 g/mol. The van der Waals surface area contributed by atoms with E-state index in [1.165, 1.54) is 12.7 Å². The highest BCUT2D eigenvalue weighted by Crippen LogP contribution is 2.34. The average Bonchev–Trinajstić information content (AvgIpc) is 3.55. The molecule has 0 aliphatic carbocycles. The number of hydrogen-bond acceptors (Lipinski definition) is 8. The smallest absolute Gasteiger partial charge is 0.356 e. The Hall–Kier alpha value is -3.47. The highest BCUT2D eigenvalue weighted by Gasteiger charge is 2.29. The van der Waals surface area contributed by atoms with Crippen molar-refractivity contribution < 1.29 is 29.3 Å². The minimum atomic E-state index is -0.935. The number of carbonyl (C=O) groups excluding carboxylic acids is 2. The van der Waals surface area contributed by atoms with E-state index >= 15 is 0 Å². The van der Waals surface area contributed by atoms with Crippen LogP contribution in [0.2, 0.25) is 0 Å². The molecule has 2 aromatic heterocycles. The van der Waals surface area contributed by atoms with E-state index < -0.39 is 12.1 Å². The fourth-order valence-corrected chi connectivity index (χ4v) is 4.33. The topological polar surface area (TPSA) is 135 Å². The molecule has 10 heteroatoms. The van der Waals surface area contributed by atoms with Gasteiger partial charge in [-0.15, -0.1) is 0 Å². The number of hydrogen-bond donors (Lipinski definition) is 4. The van der Waals surface area contributed by atoms with Crippen LogP contribution in [-0.2, 0) is 27.2 Å². The van der Waals surface area contributed by atoms with Crippen LogP contribution >= 0.6 is 0 Å². The van der Waals surface area contributed by atoms with E-state index in [1.54, 1.807) is 16.8 Å². The first-order valence-corrected chi connectivity index (χ1v) is 12.1. The zero-order chi connectivity index (χ0) is 25.5. The number of nitrogens with zero attached hydrogens (tertiary/aromatic N) is 2. The van der Waals surface area contributed by atoms with Crippen molar-refractivity contribution in [3.8, 4) is 0 Å². The quantitative estimate of drug-likeness (QED) is 0.297. The van der Waals surface area contributed by atoms with E-state index in [0.29, 0.717) is 48.6 Å².